The number of fused-ring (bicyclic) bond motifs is 1. The Kier molecular flexibility index (Phi) is 5.32. The molecule has 1 unspecified atom stereocenters. The second-order valence-electron chi connectivity index (χ2n) is 7.71. The number of hydrogen-bond donors (Lipinski definition) is 3. The van der Waals surface area contributed by atoms with Crippen LogP contribution in [0.2, 0.25) is 0 Å². The van der Waals surface area contributed by atoms with Crippen LogP contribution in [0.4, 0.5) is 5.13 Å². The van der Waals surface area contributed by atoms with Gasteiger partial charge in [0.1, 0.15) is 11.6 Å². The number of nitrogens with one attached hydrogen (secondary N) is 2. The predicted molar refractivity (Wildman–Crippen MR) is 122 cm³/mol. The van der Waals surface area contributed by atoms with E-state index in [9.17, 15) is 14.7 Å². The van der Waals surface area contributed by atoms with Gasteiger partial charge in [-0.1, -0.05) is 18.2 Å². The molecule has 1 aliphatic heterocycles. The number of H-pyrrole nitrogens is 1. The minimum atomic E-state index is -0.363. The summed E-state index contributed by atoms with van der Waals surface area (Å²) < 4.78 is 0. The van der Waals surface area contributed by atoms with Gasteiger partial charge in [0.15, 0.2) is 5.13 Å². The maximum Gasteiger partial charge on any atom is 0.257 e. The molecule has 9 heteroatoms. The minimum Gasteiger partial charge on any atom is -0.508 e. The van der Waals surface area contributed by atoms with E-state index in [1.54, 1.807) is 17.5 Å². The van der Waals surface area contributed by atoms with Gasteiger partial charge in [0.05, 0.1) is 29.2 Å². The van der Waals surface area contributed by atoms with Gasteiger partial charge in [-0.2, -0.15) is 0 Å². The first-order valence-corrected chi connectivity index (χ1v) is 11.2. The normalized spacial score (nSPS) is 15.9. The van der Waals surface area contributed by atoms with E-state index in [-0.39, 0.29) is 30.0 Å². The van der Waals surface area contributed by atoms with Crippen molar-refractivity contribution in [1.29, 1.82) is 0 Å². The van der Waals surface area contributed by atoms with Crippen molar-refractivity contribution in [3.63, 3.8) is 0 Å². The third-order valence-electron chi connectivity index (χ3n) is 5.51. The van der Waals surface area contributed by atoms with Gasteiger partial charge in [0.25, 0.3) is 5.91 Å². The summed E-state index contributed by atoms with van der Waals surface area (Å²) in [7, 11) is 0. The van der Waals surface area contributed by atoms with Gasteiger partial charge in [-0.15, -0.1) is 11.3 Å². The van der Waals surface area contributed by atoms with Crippen molar-refractivity contribution in [2.75, 3.05) is 11.9 Å². The summed E-state index contributed by atoms with van der Waals surface area (Å²) in [4.78, 5) is 39.7. The summed E-state index contributed by atoms with van der Waals surface area (Å²) >= 11 is 1.27. The Morgan fingerprint density at radius 3 is 2.91 bits per heavy atom. The number of benzene rings is 2. The van der Waals surface area contributed by atoms with Crippen LogP contribution in [0.5, 0.6) is 5.75 Å². The fourth-order valence-corrected chi connectivity index (χ4v) is 4.70. The van der Waals surface area contributed by atoms with Crippen LogP contribution in [0.25, 0.3) is 11.0 Å². The molecule has 32 heavy (non-hydrogen) atoms. The predicted octanol–water partition coefficient (Wildman–Crippen LogP) is 3.88. The number of thiazole rings is 1. The Hall–Kier alpha value is -3.72. The Balaban J connectivity index is 1.25. The van der Waals surface area contributed by atoms with Crippen LogP contribution in [-0.2, 0) is 11.2 Å². The highest BCUT2D eigenvalue weighted by molar-refractivity contribution is 7.14. The molecule has 0 radical (unpaired) electrons. The topological polar surface area (TPSA) is 111 Å². The monoisotopic (exact) mass is 447 g/mol. The van der Waals surface area contributed by atoms with Crippen molar-refractivity contribution in [2.45, 2.75) is 25.3 Å². The largest absolute Gasteiger partial charge is 0.508 e. The molecule has 1 fully saturated rings. The highest BCUT2D eigenvalue weighted by Gasteiger charge is 2.32. The summed E-state index contributed by atoms with van der Waals surface area (Å²) in [6.07, 6.45) is 1.96. The number of rotatable bonds is 5. The molecule has 162 valence electrons. The molecule has 1 saturated heterocycles. The van der Waals surface area contributed by atoms with Crippen LogP contribution in [0.3, 0.4) is 0 Å². The van der Waals surface area contributed by atoms with Crippen molar-refractivity contribution in [3.05, 3.63) is 71.0 Å². The zero-order chi connectivity index (χ0) is 22.1. The fraction of sp³-hybridized carbons (Fsp3) is 0.217. The van der Waals surface area contributed by atoms with E-state index in [0.717, 1.165) is 29.7 Å². The number of hydrogen-bond acceptors (Lipinski definition) is 6. The van der Waals surface area contributed by atoms with Gasteiger partial charge < -0.3 is 15.0 Å². The third kappa shape index (κ3) is 4.06. The van der Waals surface area contributed by atoms with Crippen molar-refractivity contribution in [1.82, 2.24) is 19.9 Å². The molecular formula is C23H21N5O3S. The van der Waals surface area contributed by atoms with Crippen LogP contribution in [0, 0.1) is 0 Å². The summed E-state index contributed by atoms with van der Waals surface area (Å²) in [6, 6.07) is 13.9. The number of aromatic amines is 1. The maximum atomic E-state index is 13.0. The lowest BCUT2D eigenvalue weighted by Crippen LogP contribution is -2.32. The fourth-order valence-electron chi connectivity index (χ4n) is 4.00. The number of aromatic nitrogens is 3. The number of aromatic hydroxyl groups is 1. The summed E-state index contributed by atoms with van der Waals surface area (Å²) in [5, 5.41) is 14.4. The van der Waals surface area contributed by atoms with E-state index in [2.05, 4.69) is 20.3 Å². The molecule has 0 aliphatic carbocycles. The Morgan fingerprint density at radius 1 is 1.19 bits per heavy atom. The van der Waals surface area contributed by atoms with Crippen molar-refractivity contribution in [3.8, 4) is 5.75 Å². The van der Waals surface area contributed by atoms with Crippen molar-refractivity contribution in [2.24, 2.45) is 0 Å². The number of carbonyl (C=O) groups excluding carboxylic acids is 2. The zero-order valence-electron chi connectivity index (χ0n) is 17.1. The second kappa shape index (κ2) is 8.43. The molecule has 4 aromatic rings. The molecule has 8 nitrogen and oxygen atoms in total. The Labute approximate surface area is 187 Å². The number of imidazole rings is 1. The summed E-state index contributed by atoms with van der Waals surface area (Å²) in [5.74, 6) is 0.462. The number of carbonyl (C=O) groups is 2. The van der Waals surface area contributed by atoms with E-state index in [4.69, 9.17) is 0 Å². The molecule has 2 amide bonds. The minimum absolute atomic E-state index is 0.0101. The van der Waals surface area contributed by atoms with Gasteiger partial charge in [0, 0.05) is 17.5 Å². The van der Waals surface area contributed by atoms with Gasteiger partial charge in [0.2, 0.25) is 5.91 Å². The summed E-state index contributed by atoms with van der Waals surface area (Å²) in [6.45, 7) is 0.686. The average Bonchev–Trinajstić information content (AvgIpc) is 3.52. The van der Waals surface area contributed by atoms with Crippen LogP contribution >= 0.6 is 11.3 Å². The average molecular weight is 448 g/mol. The second-order valence-corrected chi connectivity index (χ2v) is 8.57. The number of likely N-dealkylation sites (tertiary alicyclic amines) is 1. The lowest BCUT2D eigenvalue weighted by Gasteiger charge is -2.22. The van der Waals surface area contributed by atoms with E-state index in [1.165, 1.54) is 23.5 Å². The van der Waals surface area contributed by atoms with Crippen LogP contribution < -0.4 is 5.32 Å². The molecule has 2 aromatic heterocycles. The molecule has 3 N–H and O–H groups in total. The van der Waals surface area contributed by atoms with Crippen molar-refractivity contribution < 1.29 is 14.7 Å². The third-order valence-corrected chi connectivity index (χ3v) is 6.32. The lowest BCUT2D eigenvalue weighted by molar-refractivity contribution is -0.131. The van der Waals surface area contributed by atoms with Gasteiger partial charge in [-0.25, -0.2) is 9.97 Å². The van der Waals surface area contributed by atoms with E-state index in [0.29, 0.717) is 22.9 Å². The van der Waals surface area contributed by atoms with E-state index >= 15 is 0 Å². The molecule has 0 spiro atoms. The van der Waals surface area contributed by atoms with E-state index in [1.807, 2.05) is 29.2 Å². The number of anilines is 1. The SMILES string of the molecule is O=C(Nc1nc(CC(=O)N2CCCC2c2nc3ccccc3[nH]2)cs1)c1cccc(O)c1. The molecule has 1 aliphatic rings. The maximum absolute atomic E-state index is 13.0. The number of amides is 2. The quantitative estimate of drug-likeness (QED) is 0.430. The summed E-state index contributed by atoms with van der Waals surface area (Å²) in [5.41, 5.74) is 2.81. The first-order valence-electron chi connectivity index (χ1n) is 10.4. The molecule has 5 rings (SSSR count). The first-order chi connectivity index (χ1) is 15.6. The molecule has 0 saturated carbocycles. The first kappa shape index (κ1) is 20.2. The molecular weight excluding hydrogens is 426 g/mol. The number of para-hydroxylation sites is 2. The Morgan fingerprint density at radius 2 is 2.06 bits per heavy atom. The van der Waals surface area contributed by atoms with Gasteiger partial charge in [-0.05, 0) is 43.2 Å². The lowest BCUT2D eigenvalue weighted by atomic mass is 10.2. The van der Waals surface area contributed by atoms with Crippen molar-refractivity contribution >= 4 is 39.3 Å². The molecule has 1 atom stereocenters. The van der Waals surface area contributed by atoms with Crippen LogP contribution in [0.15, 0.2) is 53.9 Å². The number of nitrogens with zero attached hydrogens (tertiary/aromatic N) is 3. The number of phenolic OH excluding ortho intramolecular Hbond substituents is 1. The smallest absolute Gasteiger partial charge is 0.257 e. The number of phenols is 1. The highest BCUT2D eigenvalue weighted by Crippen LogP contribution is 2.32. The van der Waals surface area contributed by atoms with Gasteiger partial charge in [-0.3, -0.25) is 14.9 Å². The zero-order valence-corrected chi connectivity index (χ0v) is 17.9. The van der Waals surface area contributed by atoms with Crippen LogP contribution in [0.1, 0.15) is 40.8 Å². The van der Waals surface area contributed by atoms with E-state index < -0.39 is 0 Å². The van der Waals surface area contributed by atoms with Gasteiger partial charge >= 0.3 is 0 Å². The molecule has 0 bridgehead atoms. The van der Waals surface area contributed by atoms with Crippen LogP contribution in [-0.4, -0.2) is 43.3 Å². The highest BCUT2D eigenvalue weighted by atomic mass is 32.1. The molecule has 2 aromatic carbocycles. The Bertz CT molecular complexity index is 1260. The standard InChI is InChI=1S/C23H21N5O3S/c29-16-6-3-5-14(11-16)22(31)27-23-24-15(13-32-23)12-20(30)28-10-4-9-19(28)21-25-17-7-1-2-8-18(17)26-21/h1-3,5-8,11,13,19,29H,4,9-10,12H2,(H,25,26)(H,24,27,31). The molecule has 3 heterocycles.